The number of H-pyrrole nitrogens is 1. The fourth-order valence-corrected chi connectivity index (χ4v) is 2.42. The van der Waals surface area contributed by atoms with Gasteiger partial charge in [-0.1, -0.05) is 0 Å². The summed E-state index contributed by atoms with van der Waals surface area (Å²) in [5.74, 6) is 0. The molecule has 0 bridgehead atoms. The third-order valence-corrected chi connectivity index (χ3v) is 3.36. The number of hydrogen-bond acceptors (Lipinski definition) is 4. The fraction of sp³-hybridized carbons (Fsp3) is 0.385. The fourth-order valence-electron chi connectivity index (χ4n) is 2.42. The first-order valence-electron chi connectivity index (χ1n) is 6.20. The number of rotatable bonds is 1. The van der Waals surface area contributed by atoms with Crippen LogP contribution in [0, 0.1) is 0 Å². The van der Waals surface area contributed by atoms with E-state index in [-0.39, 0.29) is 5.56 Å². The number of nitrogens with zero attached hydrogens (tertiary/aromatic N) is 2. The molecule has 0 saturated carbocycles. The van der Waals surface area contributed by atoms with E-state index in [0.29, 0.717) is 11.4 Å². The van der Waals surface area contributed by atoms with Crippen molar-refractivity contribution in [3.05, 3.63) is 34.9 Å². The van der Waals surface area contributed by atoms with E-state index in [1.54, 1.807) is 0 Å². The minimum absolute atomic E-state index is 0.0787. The lowest BCUT2D eigenvalue weighted by molar-refractivity contribution is 0.485. The van der Waals surface area contributed by atoms with Crippen LogP contribution in [0.5, 0.6) is 0 Å². The predicted octanol–water partition coefficient (Wildman–Crippen LogP) is 0.721. The van der Waals surface area contributed by atoms with Crippen molar-refractivity contribution in [3.63, 3.8) is 0 Å². The summed E-state index contributed by atoms with van der Waals surface area (Å²) in [6, 6.07) is 6.35. The van der Waals surface area contributed by atoms with Crippen LogP contribution in [0.3, 0.4) is 0 Å². The molecule has 18 heavy (non-hydrogen) atoms. The van der Waals surface area contributed by atoms with Crippen molar-refractivity contribution in [2.24, 2.45) is 0 Å². The number of nitrogens with one attached hydrogen (secondary N) is 2. The molecular formula is C13H16N4O. The van der Waals surface area contributed by atoms with Gasteiger partial charge in [-0.15, -0.1) is 0 Å². The van der Waals surface area contributed by atoms with E-state index in [1.165, 1.54) is 6.33 Å². The molecule has 0 radical (unpaired) electrons. The Bertz CT molecular complexity index is 622. The van der Waals surface area contributed by atoms with Gasteiger partial charge in [-0.05, 0) is 25.1 Å². The zero-order valence-corrected chi connectivity index (χ0v) is 10.3. The smallest absolute Gasteiger partial charge is 0.258 e. The zero-order chi connectivity index (χ0) is 12.5. The lowest BCUT2D eigenvalue weighted by Crippen LogP contribution is -2.49. The molecule has 94 valence electrons. The first-order valence-corrected chi connectivity index (χ1v) is 6.20. The molecule has 0 unspecified atom stereocenters. The van der Waals surface area contributed by atoms with Gasteiger partial charge in [0.25, 0.3) is 5.56 Å². The average Bonchev–Trinajstić information content (AvgIpc) is 2.39. The van der Waals surface area contributed by atoms with E-state index in [4.69, 9.17) is 0 Å². The third kappa shape index (κ3) is 1.97. The number of benzene rings is 1. The van der Waals surface area contributed by atoms with E-state index in [0.717, 1.165) is 30.8 Å². The van der Waals surface area contributed by atoms with Crippen molar-refractivity contribution < 1.29 is 0 Å². The van der Waals surface area contributed by atoms with Gasteiger partial charge < -0.3 is 15.2 Å². The van der Waals surface area contributed by atoms with Crippen LogP contribution in [0.1, 0.15) is 6.92 Å². The number of anilines is 1. The van der Waals surface area contributed by atoms with Crippen molar-refractivity contribution in [1.82, 2.24) is 15.3 Å². The highest BCUT2D eigenvalue weighted by Crippen LogP contribution is 2.19. The van der Waals surface area contributed by atoms with Crippen molar-refractivity contribution in [3.8, 4) is 0 Å². The van der Waals surface area contributed by atoms with Gasteiger partial charge in [0, 0.05) is 31.4 Å². The summed E-state index contributed by atoms with van der Waals surface area (Å²) in [5, 5.41) is 4.06. The predicted molar refractivity (Wildman–Crippen MR) is 72.0 cm³/mol. The quantitative estimate of drug-likeness (QED) is 0.776. The normalized spacial score (nSPS) is 20.3. The van der Waals surface area contributed by atoms with Gasteiger partial charge >= 0.3 is 0 Å². The Labute approximate surface area is 105 Å². The summed E-state index contributed by atoms with van der Waals surface area (Å²) >= 11 is 0. The van der Waals surface area contributed by atoms with Crippen LogP contribution in [-0.4, -0.2) is 35.6 Å². The lowest BCUT2D eigenvalue weighted by atomic mass is 10.1. The molecule has 1 aliphatic heterocycles. The molecule has 5 heteroatoms. The number of hydrogen-bond donors (Lipinski definition) is 2. The second kappa shape index (κ2) is 4.42. The minimum atomic E-state index is -0.0787. The Morgan fingerprint density at radius 1 is 1.44 bits per heavy atom. The molecule has 0 aliphatic carbocycles. The van der Waals surface area contributed by atoms with Crippen LogP contribution in [0.4, 0.5) is 5.69 Å². The minimum Gasteiger partial charge on any atom is -0.369 e. The van der Waals surface area contributed by atoms with Gasteiger partial charge in [-0.25, -0.2) is 4.98 Å². The lowest BCUT2D eigenvalue weighted by Gasteiger charge is -2.33. The van der Waals surface area contributed by atoms with Gasteiger partial charge in [0.1, 0.15) is 0 Å². The number of fused-ring (bicyclic) bond motifs is 1. The third-order valence-electron chi connectivity index (χ3n) is 3.36. The van der Waals surface area contributed by atoms with Crippen molar-refractivity contribution in [1.29, 1.82) is 0 Å². The molecule has 1 saturated heterocycles. The van der Waals surface area contributed by atoms with Crippen molar-refractivity contribution in [2.75, 3.05) is 24.5 Å². The van der Waals surface area contributed by atoms with Gasteiger partial charge in [0.15, 0.2) is 0 Å². The van der Waals surface area contributed by atoms with Crippen LogP contribution >= 0.6 is 0 Å². The Morgan fingerprint density at radius 2 is 2.33 bits per heavy atom. The molecule has 2 heterocycles. The topological polar surface area (TPSA) is 61.0 Å². The molecule has 3 rings (SSSR count). The van der Waals surface area contributed by atoms with Crippen LogP contribution in [0.25, 0.3) is 10.9 Å². The average molecular weight is 244 g/mol. The molecule has 0 spiro atoms. The van der Waals surface area contributed by atoms with Crippen LogP contribution < -0.4 is 15.8 Å². The van der Waals surface area contributed by atoms with Gasteiger partial charge in [0.05, 0.1) is 17.2 Å². The first kappa shape index (κ1) is 11.2. The van der Waals surface area contributed by atoms with Crippen LogP contribution in [0.15, 0.2) is 29.3 Å². The summed E-state index contributed by atoms with van der Waals surface area (Å²) in [6.07, 6.45) is 1.44. The molecule has 2 N–H and O–H groups in total. The maximum Gasteiger partial charge on any atom is 0.258 e. The molecule has 1 aliphatic rings. The first-order chi connectivity index (χ1) is 8.74. The highest BCUT2D eigenvalue weighted by molar-refractivity contribution is 5.81. The standard InChI is InChI=1S/C13H16N4O/c1-9-7-17(5-4-14-9)10-2-3-12-11(6-10)13(18)16-8-15-12/h2-3,6,8-9,14H,4-5,7H2,1H3,(H,15,16,18)/t9-/m1/s1. The summed E-state index contributed by atoms with van der Waals surface area (Å²) < 4.78 is 0. The maximum absolute atomic E-state index is 11.8. The molecule has 1 aromatic heterocycles. The van der Waals surface area contributed by atoms with Gasteiger partial charge in [-0.3, -0.25) is 4.79 Å². The second-order valence-electron chi connectivity index (χ2n) is 4.73. The SMILES string of the molecule is C[C@@H]1CN(c2ccc3nc[nH]c(=O)c3c2)CCN1. The summed E-state index contributed by atoms with van der Waals surface area (Å²) in [7, 11) is 0. The number of aromatic amines is 1. The van der Waals surface area contributed by atoms with E-state index in [9.17, 15) is 4.79 Å². The molecule has 1 aromatic carbocycles. The Hall–Kier alpha value is -1.88. The van der Waals surface area contributed by atoms with E-state index < -0.39 is 0 Å². The van der Waals surface area contributed by atoms with Crippen molar-refractivity contribution >= 4 is 16.6 Å². The molecular weight excluding hydrogens is 228 g/mol. The van der Waals surface area contributed by atoms with Crippen LogP contribution in [-0.2, 0) is 0 Å². The Kier molecular flexibility index (Phi) is 2.76. The molecule has 0 amide bonds. The zero-order valence-electron chi connectivity index (χ0n) is 10.3. The highest BCUT2D eigenvalue weighted by atomic mass is 16.1. The van der Waals surface area contributed by atoms with Gasteiger partial charge in [0.2, 0.25) is 0 Å². The summed E-state index contributed by atoms with van der Waals surface area (Å²) in [4.78, 5) is 20.8. The summed E-state index contributed by atoms with van der Waals surface area (Å²) in [5.41, 5.74) is 1.75. The summed E-state index contributed by atoms with van der Waals surface area (Å²) in [6.45, 7) is 5.07. The van der Waals surface area contributed by atoms with E-state index in [2.05, 4.69) is 27.1 Å². The largest absolute Gasteiger partial charge is 0.369 e. The molecule has 2 aromatic rings. The van der Waals surface area contributed by atoms with E-state index in [1.807, 2.05) is 18.2 Å². The Morgan fingerprint density at radius 3 is 3.17 bits per heavy atom. The monoisotopic (exact) mass is 244 g/mol. The number of piperazine rings is 1. The van der Waals surface area contributed by atoms with Gasteiger partial charge in [-0.2, -0.15) is 0 Å². The highest BCUT2D eigenvalue weighted by Gasteiger charge is 2.16. The maximum atomic E-state index is 11.8. The Balaban J connectivity index is 2.02. The van der Waals surface area contributed by atoms with E-state index >= 15 is 0 Å². The molecule has 5 nitrogen and oxygen atoms in total. The second-order valence-corrected chi connectivity index (χ2v) is 4.73. The number of aromatic nitrogens is 2. The van der Waals surface area contributed by atoms with Crippen LogP contribution in [0.2, 0.25) is 0 Å². The van der Waals surface area contributed by atoms with Crippen molar-refractivity contribution in [2.45, 2.75) is 13.0 Å². The molecule has 1 fully saturated rings. The molecule has 1 atom stereocenters.